The van der Waals surface area contributed by atoms with Gasteiger partial charge in [0, 0.05) is 0 Å². The number of thioether (sulfide) groups is 1. The second-order valence-corrected chi connectivity index (χ2v) is 8.21. The molecule has 0 aliphatic carbocycles. The number of tetrazole rings is 1. The van der Waals surface area contributed by atoms with Gasteiger partial charge in [0.25, 0.3) is 0 Å². The summed E-state index contributed by atoms with van der Waals surface area (Å²) in [6, 6.07) is 15.5. The molecule has 0 unspecified atom stereocenters. The maximum atomic E-state index is 10.8. The minimum absolute atomic E-state index is 0.0864. The predicted molar refractivity (Wildman–Crippen MR) is 115 cm³/mol. The van der Waals surface area contributed by atoms with Gasteiger partial charge in [0.15, 0.2) is 5.82 Å². The summed E-state index contributed by atoms with van der Waals surface area (Å²) >= 11 is 1.26. The van der Waals surface area contributed by atoms with Crippen LogP contribution in [0.5, 0.6) is 0 Å². The number of nitriles is 1. The molecule has 0 bridgehead atoms. The Kier molecular flexibility index (Phi) is 5.25. The summed E-state index contributed by atoms with van der Waals surface area (Å²) in [5.74, 6) is 0.245. The van der Waals surface area contributed by atoms with E-state index in [1.165, 1.54) is 11.8 Å². The number of benzene rings is 2. The van der Waals surface area contributed by atoms with Crippen molar-refractivity contribution in [1.29, 1.82) is 5.26 Å². The molecule has 0 saturated heterocycles. The number of aromatic nitrogens is 6. The average Bonchev–Trinajstić information content (AvgIpc) is 3.35. The van der Waals surface area contributed by atoms with E-state index in [1.807, 2.05) is 50.2 Å². The molecule has 0 aliphatic heterocycles. The highest BCUT2D eigenvalue weighted by Gasteiger charge is 2.22. The van der Waals surface area contributed by atoms with Crippen molar-refractivity contribution in [2.24, 2.45) is 0 Å². The van der Waals surface area contributed by atoms with Gasteiger partial charge in [-0.05, 0) is 55.0 Å². The minimum atomic E-state index is -0.469. The molecule has 9 heteroatoms. The van der Waals surface area contributed by atoms with Crippen molar-refractivity contribution >= 4 is 28.4 Å². The number of imidazole rings is 1. The number of allylic oxidation sites excluding steroid dienone is 1. The number of nitrogens with zero attached hydrogens (tertiary/aromatic N) is 6. The van der Waals surface area contributed by atoms with Gasteiger partial charge in [-0.2, -0.15) is 9.94 Å². The average molecular weight is 417 g/mol. The lowest BCUT2D eigenvalue weighted by Crippen LogP contribution is -2.08. The van der Waals surface area contributed by atoms with Crippen molar-refractivity contribution in [2.45, 2.75) is 31.2 Å². The van der Waals surface area contributed by atoms with Gasteiger partial charge in [-0.25, -0.2) is 4.98 Å². The fourth-order valence-electron chi connectivity index (χ4n) is 3.17. The van der Waals surface area contributed by atoms with Gasteiger partial charge in [0.1, 0.15) is 17.4 Å². The number of para-hydroxylation sites is 2. The van der Waals surface area contributed by atoms with Gasteiger partial charge >= 0.3 is 0 Å². The van der Waals surface area contributed by atoms with E-state index in [2.05, 4.69) is 37.6 Å². The molecule has 2 N–H and O–H groups in total. The number of nitrogens with one attached hydrogen (secondary N) is 1. The summed E-state index contributed by atoms with van der Waals surface area (Å²) in [4.78, 5) is 7.50. The summed E-state index contributed by atoms with van der Waals surface area (Å²) < 4.78 is 1.64. The van der Waals surface area contributed by atoms with Crippen molar-refractivity contribution in [2.75, 3.05) is 0 Å². The molecular formula is C21H19N7OS. The van der Waals surface area contributed by atoms with Crippen LogP contribution in [-0.4, -0.2) is 40.5 Å². The zero-order chi connectivity index (χ0) is 21.3. The lowest BCUT2D eigenvalue weighted by molar-refractivity contribution is 0.401. The third-order valence-corrected chi connectivity index (χ3v) is 5.72. The van der Waals surface area contributed by atoms with Crippen LogP contribution < -0.4 is 0 Å². The van der Waals surface area contributed by atoms with Crippen molar-refractivity contribution < 1.29 is 5.11 Å². The maximum Gasteiger partial charge on any atom is 0.214 e. The zero-order valence-corrected chi connectivity index (χ0v) is 17.5. The number of aryl methyl sites for hydroxylation is 2. The van der Waals surface area contributed by atoms with Gasteiger partial charge in [-0.15, -0.1) is 5.10 Å². The lowest BCUT2D eigenvalue weighted by atomic mass is 10.1. The third-order valence-electron chi connectivity index (χ3n) is 4.68. The van der Waals surface area contributed by atoms with Crippen LogP contribution in [0.1, 0.15) is 23.9 Å². The van der Waals surface area contributed by atoms with Crippen molar-refractivity contribution in [3.8, 4) is 11.8 Å². The number of fused-ring (bicyclic) bond motifs is 1. The number of aliphatic hydroxyl groups is 1. The van der Waals surface area contributed by atoms with Crippen LogP contribution >= 0.6 is 11.8 Å². The highest BCUT2D eigenvalue weighted by Crippen LogP contribution is 2.30. The number of hydrogen-bond donors (Lipinski definition) is 2. The van der Waals surface area contributed by atoms with Crippen LogP contribution in [-0.2, 0) is 0 Å². The zero-order valence-electron chi connectivity index (χ0n) is 16.7. The SMILES string of the molecule is Cc1ccc(-n2nnnc2S[C@H](C)/C(O)=C(\C#N)c2nc3ccccc3[nH]2)c(C)c1. The Hall–Kier alpha value is -3.64. The largest absolute Gasteiger partial charge is 0.510 e. The molecular weight excluding hydrogens is 398 g/mol. The van der Waals surface area contributed by atoms with E-state index >= 15 is 0 Å². The molecule has 2 aromatic heterocycles. The van der Waals surface area contributed by atoms with E-state index in [9.17, 15) is 10.4 Å². The summed E-state index contributed by atoms with van der Waals surface area (Å²) in [6.45, 7) is 5.81. The standard InChI is InChI=1S/C21H19N7OS/c1-12-8-9-18(13(2)10-12)28-21(25-26-27-28)30-14(3)19(29)15(11-22)20-23-16-6-4-5-7-17(16)24-20/h4-10,14,29H,1-3H3,(H,23,24)/b19-15-/t14-/m1/s1. The van der Waals surface area contributed by atoms with E-state index in [0.29, 0.717) is 11.0 Å². The van der Waals surface area contributed by atoms with Crippen molar-refractivity contribution in [1.82, 2.24) is 30.2 Å². The predicted octanol–water partition coefficient (Wildman–Crippen LogP) is 4.13. The molecule has 0 amide bonds. The molecule has 2 aromatic carbocycles. The number of hydrogen-bond acceptors (Lipinski definition) is 7. The first-order valence-corrected chi connectivity index (χ1v) is 10.2. The van der Waals surface area contributed by atoms with E-state index in [0.717, 1.165) is 27.8 Å². The Bertz CT molecular complexity index is 1270. The van der Waals surface area contributed by atoms with E-state index in [1.54, 1.807) is 11.6 Å². The Balaban J connectivity index is 1.66. The molecule has 0 saturated carbocycles. The van der Waals surface area contributed by atoms with Crippen LogP contribution in [0.2, 0.25) is 0 Å². The fraction of sp³-hybridized carbons (Fsp3) is 0.190. The summed E-state index contributed by atoms with van der Waals surface area (Å²) in [6.07, 6.45) is 0. The highest BCUT2D eigenvalue weighted by molar-refractivity contribution is 7.99. The highest BCUT2D eigenvalue weighted by atomic mass is 32.2. The van der Waals surface area contributed by atoms with E-state index in [4.69, 9.17) is 0 Å². The maximum absolute atomic E-state index is 10.8. The Morgan fingerprint density at radius 1 is 1.23 bits per heavy atom. The summed E-state index contributed by atoms with van der Waals surface area (Å²) in [5.41, 5.74) is 4.67. The van der Waals surface area contributed by atoms with Crippen LogP contribution in [0.3, 0.4) is 0 Å². The lowest BCUT2D eigenvalue weighted by Gasteiger charge is -2.12. The quantitative estimate of drug-likeness (QED) is 0.285. The monoisotopic (exact) mass is 417 g/mol. The summed E-state index contributed by atoms with van der Waals surface area (Å²) in [5, 5.41) is 32.5. The molecule has 8 nitrogen and oxygen atoms in total. The minimum Gasteiger partial charge on any atom is -0.510 e. The topological polar surface area (TPSA) is 116 Å². The van der Waals surface area contributed by atoms with E-state index < -0.39 is 5.25 Å². The van der Waals surface area contributed by atoms with Crippen molar-refractivity contribution in [3.63, 3.8) is 0 Å². The van der Waals surface area contributed by atoms with E-state index in [-0.39, 0.29) is 11.3 Å². The smallest absolute Gasteiger partial charge is 0.214 e. The molecule has 0 radical (unpaired) electrons. The number of H-pyrrole nitrogens is 1. The molecule has 30 heavy (non-hydrogen) atoms. The molecule has 4 aromatic rings. The molecule has 0 aliphatic rings. The Labute approximate surface area is 177 Å². The van der Waals surface area contributed by atoms with Crippen LogP contribution in [0.4, 0.5) is 0 Å². The van der Waals surface area contributed by atoms with Gasteiger partial charge in [-0.1, -0.05) is 41.6 Å². The first kappa shape index (κ1) is 19.7. The molecule has 4 rings (SSSR count). The molecule has 0 spiro atoms. The second-order valence-electron chi connectivity index (χ2n) is 6.90. The normalized spacial score (nSPS) is 13.1. The summed E-state index contributed by atoms with van der Waals surface area (Å²) in [7, 11) is 0. The first-order valence-electron chi connectivity index (χ1n) is 9.29. The molecule has 0 fully saturated rings. The fourth-order valence-corrected chi connectivity index (χ4v) is 4.03. The van der Waals surface area contributed by atoms with Crippen LogP contribution in [0, 0.1) is 25.2 Å². The van der Waals surface area contributed by atoms with Gasteiger partial charge < -0.3 is 10.1 Å². The Morgan fingerprint density at radius 3 is 2.77 bits per heavy atom. The molecule has 150 valence electrons. The molecule has 2 heterocycles. The number of aliphatic hydroxyl groups excluding tert-OH is 1. The third kappa shape index (κ3) is 3.65. The van der Waals surface area contributed by atoms with Crippen LogP contribution in [0.15, 0.2) is 53.4 Å². The van der Waals surface area contributed by atoms with Gasteiger partial charge in [0.05, 0.1) is 22.0 Å². The van der Waals surface area contributed by atoms with Crippen LogP contribution in [0.25, 0.3) is 22.3 Å². The number of rotatable bonds is 5. The van der Waals surface area contributed by atoms with Gasteiger partial charge in [0.2, 0.25) is 5.16 Å². The Morgan fingerprint density at radius 2 is 2.03 bits per heavy atom. The first-order chi connectivity index (χ1) is 14.5. The van der Waals surface area contributed by atoms with Gasteiger partial charge in [-0.3, -0.25) is 0 Å². The number of aromatic amines is 1. The van der Waals surface area contributed by atoms with Crippen molar-refractivity contribution in [3.05, 3.63) is 65.2 Å². The second kappa shape index (κ2) is 8.00. The molecule has 1 atom stereocenters.